The second-order valence-electron chi connectivity index (χ2n) is 8.17. The van der Waals surface area contributed by atoms with Crippen LogP contribution in [0.15, 0.2) is 121 Å². The topological polar surface area (TPSA) is 40.6 Å². The Hall–Kier alpha value is -3.86. The van der Waals surface area contributed by atoms with Crippen LogP contribution in [0.2, 0.25) is 10.0 Å². The predicted octanol–water partition coefficient (Wildman–Crippen LogP) is 7.54. The Kier molecular flexibility index (Phi) is 7.89. The molecule has 4 aromatic rings. The third kappa shape index (κ3) is 5.51. The number of hydrogen-bond acceptors (Lipinski definition) is 4. The first-order valence-electron chi connectivity index (χ1n) is 11.3. The van der Waals surface area contributed by atoms with Gasteiger partial charge in [0.15, 0.2) is 0 Å². The molecule has 0 bridgehead atoms. The quantitative estimate of drug-likeness (QED) is 0.180. The molecule has 0 atom stereocenters. The third-order valence-electron chi connectivity index (χ3n) is 5.79. The fraction of sp³-hybridized carbons (Fsp3) is 0.0667. The maximum absolute atomic E-state index is 14.1. The summed E-state index contributed by atoms with van der Waals surface area (Å²) in [4.78, 5) is 31.7. The average molecular weight is 515 g/mol. The zero-order valence-corrected chi connectivity index (χ0v) is 21.4. The number of hydrogen-bond donors (Lipinski definition) is 0. The minimum Gasteiger partial charge on any atom is -0.340 e. The number of halogens is 2. The van der Waals surface area contributed by atoms with Gasteiger partial charge < -0.3 is 9.80 Å². The van der Waals surface area contributed by atoms with Gasteiger partial charge in [-0.25, -0.2) is 0 Å². The van der Waals surface area contributed by atoms with Crippen LogP contribution >= 0.6 is 23.2 Å². The van der Waals surface area contributed by atoms with Crippen LogP contribution in [0.4, 0.5) is 11.4 Å². The molecule has 4 rings (SSSR count). The summed E-state index contributed by atoms with van der Waals surface area (Å²) < 4.78 is 0. The number of ketones is 2. The minimum absolute atomic E-state index is 0.208. The van der Waals surface area contributed by atoms with Crippen LogP contribution in [0.3, 0.4) is 0 Å². The van der Waals surface area contributed by atoms with E-state index in [0.717, 1.165) is 11.4 Å². The number of rotatable bonds is 8. The Morgan fingerprint density at radius 3 is 1.22 bits per heavy atom. The molecular formula is C30H24Cl2N2O2. The lowest BCUT2D eigenvalue weighted by molar-refractivity contribution is 0.0995. The number of likely N-dealkylation sites (N-methyl/N-ethyl adjacent to an activating group) is 2. The molecule has 4 nitrogen and oxygen atoms in total. The highest BCUT2D eigenvalue weighted by molar-refractivity contribution is 6.32. The van der Waals surface area contributed by atoms with E-state index in [1.807, 2.05) is 60.7 Å². The zero-order valence-electron chi connectivity index (χ0n) is 19.9. The van der Waals surface area contributed by atoms with Crippen LogP contribution in [-0.2, 0) is 0 Å². The van der Waals surface area contributed by atoms with Crippen LogP contribution in [0.1, 0.15) is 20.7 Å². The molecule has 0 fully saturated rings. The van der Waals surface area contributed by atoms with Gasteiger partial charge in [-0.1, -0.05) is 83.9 Å². The molecule has 0 aliphatic carbocycles. The summed E-state index contributed by atoms with van der Waals surface area (Å²) in [5.74, 6) is -0.672. The minimum atomic E-state index is -0.336. The largest absolute Gasteiger partial charge is 0.340 e. The zero-order chi connectivity index (χ0) is 25.7. The van der Waals surface area contributed by atoms with Crippen molar-refractivity contribution < 1.29 is 9.59 Å². The Bertz CT molecular complexity index is 1310. The van der Waals surface area contributed by atoms with Gasteiger partial charge in [-0.15, -0.1) is 0 Å². The van der Waals surface area contributed by atoms with Crippen molar-refractivity contribution >= 4 is 46.1 Å². The summed E-state index contributed by atoms with van der Waals surface area (Å²) >= 11 is 12.5. The van der Waals surface area contributed by atoms with E-state index in [-0.39, 0.29) is 23.0 Å². The molecule has 0 radical (unpaired) electrons. The number of benzene rings is 4. The van der Waals surface area contributed by atoms with Gasteiger partial charge >= 0.3 is 0 Å². The van der Waals surface area contributed by atoms with Crippen molar-refractivity contribution in [3.63, 3.8) is 0 Å². The number of nitrogens with zero attached hydrogens (tertiary/aromatic N) is 2. The van der Waals surface area contributed by atoms with E-state index in [1.54, 1.807) is 72.4 Å². The van der Waals surface area contributed by atoms with E-state index in [1.165, 1.54) is 0 Å². The molecule has 0 aliphatic rings. The highest BCUT2D eigenvalue weighted by atomic mass is 35.5. The van der Waals surface area contributed by atoms with Gasteiger partial charge in [-0.2, -0.15) is 0 Å². The summed E-state index contributed by atoms with van der Waals surface area (Å²) in [7, 11) is 3.55. The van der Waals surface area contributed by atoms with Gasteiger partial charge in [0.05, 0.1) is 0 Å². The highest BCUT2D eigenvalue weighted by Crippen LogP contribution is 2.30. The molecule has 0 heterocycles. The maximum atomic E-state index is 14.1. The summed E-state index contributed by atoms with van der Waals surface area (Å²) in [5.41, 5.74) is 2.66. The highest BCUT2D eigenvalue weighted by Gasteiger charge is 2.30. The third-order valence-corrected chi connectivity index (χ3v) is 6.26. The fourth-order valence-corrected chi connectivity index (χ4v) is 4.31. The summed E-state index contributed by atoms with van der Waals surface area (Å²) in [5, 5.41) is 0.864. The fourth-order valence-electron chi connectivity index (χ4n) is 3.93. The molecule has 0 aromatic heterocycles. The molecular weight excluding hydrogens is 491 g/mol. The van der Waals surface area contributed by atoms with Gasteiger partial charge in [0.2, 0.25) is 11.6 Å². The molecule has 180 valence electrons. The van der Waals surface area contributed by atoms with Crippen molar-refractivity contribution in [2.45, 2.75) is 0 Å². The lowest BCUT2D eigenvalue weighted by Crippen LogP contribution is -2.34. The summed E-state index contributed by atoms with van der Waals surface area (Å²) in [6.07, 6.45) is 0. The summed E-state index contributed by atoms with van der Waals surface area (Å²) in [6, 6.07) is 32.3. The van der Waals surface area contributed by atoms with Crippen LogP contribution < -0.4 is 9.80 Å². The lowest BCUT2D eigenvalue weighted by atomic mass is 9.99. The monoisotopic (exact) mass is 514 g/mol. The second-order valence-corrected chi connectivity index (χ2v) is 9.04. The Labute approximate surface area is 221 Å². The molecule has 0 spiro atoms. The Balaban J connectivity index is 2.02. The van der Waals surface area contributed by atoms with Crippen molar-refractivity contribution in [1.82, 2.24) is 0 Å². The normalized spacial score (nSPS) is 11.4. The first-order valence-corrected chi connectivity index (χ1v) is 12.0. The first-order chi connectivity index (χ1) is 17.4. The smallest absolute Gasteiger partial charge is 0.211 e. The van der Waals surface area contributed by atoms with Crippen LogP contribution in [-0.4, -0.2) is 25.7 Å². The molecule has 0 unspecified atom stereocenters. The number of allylic oxidation sites excluding steroid dienone is 2. The van der Waals surface area contributed by atoms with Gasteiger partial charge in [0, 0.05) is 46.6 Å². The second kappa shape index (κ2) is 11.3. The van der Waals surface area contributed by atoms with Gasteiger partial charge in [0.1, 0.15) is 11.4 Å². The standard InChI is InChI=1S/C30H24Cl2N2O2/c1-33(25-15-5-3-6-16-25)27(29(35)21-11-9-13-23(31)19-21)28(34(2)26-17-7-4-8-18-26)30(36)22-12-10-14-24(32)20-22/h3-20H,1-2H3/b28-27-. The molecule has 0 N–H and O–H groups in total. The number of para-hydroxylation sites is 2. The van der Waals surface area contributed by atoms with E-state index in [0.29, 0.717) is 21.2 Å². The Morgan fingerprint density at radius 2 is 0.889 bits per heavy atom. The van der Waals surface area contributed by atoms with Crippen LogP contribution in [0.25, 0.3) is 0 Å². The first kappa shape index (κ1) is 25.2. The molecule has 36 heavy (non-hydrogen) atoms. The van der Waals surface area contributed by atoms with Gasteiger partial charge in [-0.05, 0) is 48.5 Å². The SMILES string of the molecule is CN(/C(C(=O)c1cccc(Cl)c1)=C(/C(=O)c1cccc(Cl)c1)N(C)c1ccccc1)c1ccccc1. The number of anilines is 2. The lowest BCUT2D eigenvalue weighted by Gasteiger charge is -2.30. The number of carbonyl (C=O) groups excluding carboxylic acids is 2. The van der Waals surface area contributed by atoms with E-state index in [9.17, 15) is 9.59 Å². The number of carbonyl (C=O) groups is 2. The molecule has 0 aliphatic heterocycles. The Morgan fingerprint density at radius 1 is 0.528 bits per heavy atom. The maximum Gasteiger partial charge on any atom is 0.211 e. The molecule has 0 amide bonds. The van der Waals surface area contributed by atoms with E-state index >= 15 is 0 Å². The van der Waals surface area contributed by atoms with Crippen molar-refractivity contribution in [2.24, 2.45) is 0 Å². The van der Waals surface area contributed by atoms with E-state index in [4.69, 9.17) is 23.2 Å². The van der Waals surface area contributed by atoms with Gasteiger partial charge in [0.25, 0.3) is 0 Å². The molecule has 0 saturated heterocycles. The summed E-state index contributed by atoms with van der Waals surface area (Å²) in [6.45, 7) is 0. The van der Waals surface area contributed by atoms with E-state index in [2.05, 4.69) is 0 Å². The van der Waals surface area contributed by atoms with Crippen molar-refractivity contribution in [3.8, 4) is 0 Å². The van der Waals surface area contributed by atoms with Crippen molar-refractivity contribution in [1.29, 1.82) is 0 Å². The molecule has 0 saturated carbocycles. The van der Waals surface area contributed by atoms with Gasteiger partial charge in [-0.3, -0.25) is 9.59 Å². The number of Topliss-reactive ketones (excluding diaryl/α,β-unsaturated/α-hetero) is 2. The van der Waals surface area contributed by atoms with E-state index < -0.39 is 0 Å². The van der Waals surface area contributed by atoms with Crippen molar-refractivity contribution in [3.05, 3.63) is 142 Å². The average Bonchev–Trinajstić information content (AvgIpc) is 2.91. The predicted molar refractivity (Wildman–Crippen MR) is 148 cm³/mol. The van der Waals surface area contributed by atoms with Crippen molar-refractivity contribution in [2.75, 3.05) is 23.9 Å². The molecule has 4 aromatic carbocycles. The van der Waals surface area contributed by atoms with Crippen LogP contribution in [0, 0.1) is 0 Å². The van der Waals surface area contributed by atoms with Crippen LogP contribution in [0.5, 0.6) is 0 Å². The molecule has 6 heteroatoms.